The second kappa shape index (κ2) is 9.73. The van der Waals surface area contributed by atoms with Crippen LogP contribution in [-0.4, -0.2) is 54.8 Å². The number of sulfonamides is 1. The minimum absolute atomic E-state index is 0.197. The van der Waals surface area contributed by atoms with Gasteiger partial charge in [-0.15, -0.1) is 0 Å². The Morgan fingerprint density at radius 3 is 2.22 bits per heavy atom. The summed E-state index contributed by atoms with van der Waals surface area (Å²) in [6, 6.07) is 15.8. The average molecular weight is 458 g/mol. The Morgan fingerprint density at radius 2 is 1.66 bits per heavy atom. The van der Waals surface area contributed by atoms with Gasteiger partial charge < -0.3 is 9.64 Å². The highest BCUT2D eigenvalue weighted by Crippen LogP contribution is 2.26. The first-order valence-electron chi connectivity index (χ1n) is 10.7. The lowest BCUT2D eigenvalue weighted by molar-refractivity contribution is 0.0178. The fourth-order valence-electron chi connectivity index (χ4n) is 3.43. The minimum Gasteiger partial charge on any atom is -0.444 e. The van der Waals surface area contributed by atoms with Gasteiger partial charge in [-0.25, -0.2) is 4.79 Å². The Balaban J connectivity index is 1.83. The molecule has 1 aliphatic rings. The largest absolute Gasteiger partial charge is 0.444 e. The molecule has 1 aliphatic heterocycles. The number of rotatable bonds is 5. The highest BCUT2D eigenvalue weighted by atomic mass is 32.2. The molecule has 7 nitrogen and oxygen atoms in total. The van der Waals surface area contributed by atoms with Gasteiger partial charge in [-0.3, -0.25) is 0 Å². The molecule has 0 bridgehead atoms. The van der Waals surface area contributed by atoms with Crippen LogP contribution in [0.4, 0.5) is 4.79 Å². The lowest BCUT2D eigenvalue weighted by atomic mass is 10.1. The summed E-state index contributed by atoms with van der Waals surface area (Å²) in [5, 5.41) is 4.40. The molecule has 2 aromatic rings. The van der Waals surface area contributed by atoms with Crippen LogP contribution in [0.5, 0.6) is 0 Å². The number of carbonyl (C=O) groups excluding carboxylic acids is 1. The number of benzene rings is 2. The van der Waals surface area contributed by atoms with E-state index in [0.29, 0.717) is 25.9 Å². The summed E-state index contributed by atoms with van der Waals surface area (Å²) in [6.45, 7) is 8.19. The maximum atomic E-state index is 13.5. The van der Waals surface area contributed by atoms with Gasteiger partial charge >= 0.3 is 6.09 Å². The first-order chi connectivity index (χ1) is 15.1. The third kappa shape index (κ3) is 6.09. The molecule has 3 rings (SSSR count). The predicted molar refractivity (Wildman–Crippen MR) is 125 cm³/mol. The Labute approximate surface area is 190 Å². The number of carbonyl (C=O) groups is 1. The van der Waals surface area contributed by atoms with E-state index < -0.39 is 15.6 Å². The van der Waals surface area contributed by atoms with Crippen LogP contribution in [-0.2, 0) is 14.8 Å². The van der Waals surface area contributed by atoms with Gasteiger partial charge in [-0.05, 0) is 58.2 Å². The van der Waals surface area contributed by atoms with Crippen LogP contribution >= 0.6 is 0 Å². The molecule has 32 heavy (non-hydrogen) atoms. The average Bonchev–Trinajstić information content (AvgIpc) is 2.74. The maximum Gasteiger partial charge on any atom is 0.410 e. The van der Waals surface area contributed by atoms with Crippen molar-refractivity contribution < 1.29 is 17.9 Å². The topological polar surface area (TPSA) is 79.3 Å². The summed E-state index contributed by atoms with van der Waals surface area (Å²) >= 11 is 0. The molecule has 172 valence electrons. The molecule has 1 fully saturated rings. The van der Waals surface area contributed by atoms with E-state index in [2.05, 4.69) is 5.10 Å². The zero-order valence-electron chi connectivity index (χ0n) is 19.1. The number of ether oxygens (including phenoxy) is 1. The Hall–Kier alpha value is -2.87. The van der Waals surface area contributed by atoms with Gasteiger partial charge in [-0.1, -0.05) is 48.0 Å². The van der Waals surface area contributed by atoms with E-state index in [1.54, 1.807) is 35.4 Å². The van der Waals surface area contributed by atoms with Crippen LogP contribution in [0, 0.1) is 6.92 Å². The molecular formula is C24H31N3O4S. The Kier molecular flexibility index (Phi) is 7.23. The number of amides is 1. The van der Waals surface area contributed by atoms with Crippen LogP contribution in [0.1, 0.15) is 44.7 Å². The molecule has 0 aliphatic carbocycles. The molecule has 0 aromatic heterocycles. The second-order valence-electron chi connectivity index (χ2n) is 8.94. The van der Waals surface area contributed by atoms with Crippen LogP contribution in [0.3, 0.4) is 0 Å². The van der Waals surface area contributed by atoms with E-state index >= 15 is 0 Å². The molecule has 0 saturated carbocycles. The van der Waals surface area contributed by atoms with Gasteiger partial charge in [0.15, 0.2) is 0 Å². The summed E-state index contributed by atoms with van der Waals surface area (Å²) in [7, 11) is -3.85. The van der Waals surface area contributed by atoms with E-state index in [1.807, 2.05) is 58.0 Å². The molecule has 8 heteroatoms. The van der Waals surface area contributed by atoms with E-state index in [1.165, 1.54) is 4.41 Å². The van der Waals surface area contributed by atoms with Crippen molar-refractivity contribution in [1.82, 2.24) is 9.31 Å². The van der Waals surface area contributed by atoms with Crippen molar-refractivity contribution in [3.8, 4) is 0 Å². The molecule has 2 aromatic carbocycles. The normalized spacial score (nSPS) is 15.7. The van der Waals surface area contributed by atoms with Crippen LogP contribution < -0.4 is 0 Å². The lowest BCUT2D eigenvalue weighted by Gasteiger charge is -2.36. The van der Waals surface area contributed by atoms with Crippen LogP contribution in [0.15, 0.2) is 64.6 Å². The van der Waals surface area contributed by atoms with Crippen molar-refractivity contribution in [2.75, 3.05) is 13.1 Å². The number of aryl methyl sites for hydroxylation is 1. The first-order valence-corrected chi connectivity index (χ1v) is 12.2. The van der Waals surface area contributed by atoms with Crippen molar-refractivity contribution in [2.24, 2.45) is 5.10 Å². The standard InChI is InChI=1S/C24H31N3O4S/c1-19-10-12-22(13-11-19)32(29,30)27(25-18-20-8-6-5-7-9-20)21-14-16-26(17-15-21)23(28)31-24(2,3)4/h5-13,18,21H,14-17H2,1-4H3/b25-18+. The molecule has 0 spiro atoms. The zero-order valence-corrected chi connectivity index (χ0v) is 19.9. The summed E-state index contributed by atoms with van der Waals surface area (Å²) in [6.07, 6.45) is 2.12. The van der Waals surface area contributed by atoms with E-state index in [4.69, 9.17) is 4.74 Å². The quantitative estimate of drug-likeness (QED) is 0.492. The van der Waals surface area contributed by atoms with Gasteiger partial charge in [0.1, 0.15) is 5.60 Å². The molecule has 0 N–H and O–H groups in total. The maximum absolute atomic E-state index is 13.5. The van der Waals surface area contributed by atoms with Gasteiger partial charge in [-0.2, -0.15) is 17.9 Å². The molecule has 0 atom stereocenters. The molecule has 0 unspecified atom stereocenters. The molecule has 1 heterocycles. The Morgan fingerprint density at radius 1 is 1.06 bits per heavy atom. The highest BCUT2D eigenvalue weighted by molar-refractivity contribution is 7.89. The summed E-state index contributed by atoms with van der Waals surface area (Å²) in [5.41, 5.74) is 1.21. The zero-order chi connectivity index (χ0) is 23.4. The number of hydrogen-bond donors (Lipinski definition) is 0. The fourth-order valence-corrected chi connectivity index (χ4v) is 4.90. The summed E-state index contributed by atoms with van der Waals surface area (Å²) in [5.74, 6) is 0. The van der Waals surface area contributed by atoms with Gasteiger partial charge in [0, 0.05) is 13.1 Å². The molecular weight excluding hydrogens is 426 g/mol. The van der Waals surface area contributed by atoms with Crippen LogP contribution in [0.25, 0.3) is 0 Å². The van der Waals surface area contributed by atoms with E-state index in [0.717, 1.165) is 11.1 Å². The van der Waals surface area contributed by atoms with Crippen molar-refractivity contribution in [1.29, 1.82) is 0 Å². The number of likely N-dealkylation sites (tertiary alicyclic amines) is 1. The van der Waals surface area contributed by atoms with Gasteiger partial charge in [0.2, 0.25) is 0 Å². The molecule has 0 radical (unpaired) electrons. The third-order valence-electron chi connectivity index (χ3n) is 5.11. The van der Waals surface area contributed by atoms with Crippen molar-refractivity contribution >= 4 is 22.3 Å². The number of hydrogen-bond acceptors (Lipinski definition) is 5. The fraction of sp³-hybridized carbons (Fsp3) is 0.417. The molecule has 1 saturated heterocycles. The van der Waals surface area contributed by atoms with Gasteiger partial charge in [0.25, 0.3) is 10.0 Å². The van der Waals surface area contributed by atoms with E-state index in [9.17, 15) is 13.2 Å². The van der Waals surface area contributed by atoms with E-state index in [-0.39, 0.29) is 17.0 Å². The highest BCUT2D eigenvalue weighted by Gasteiger charge is 2.35. The third-order valence-corrected chi connectivity index (χ3v) is 6.87. The SMILES string of the molecule is Cc1ccc(S(=O)(=O)N(/N=C/c2ccccc2)C2CCN(C(=O)OC(C)(C)C)CC2)cc1. The van der Waals surface area contributed by atoms with Crippen molar-refractivity contribution in [2.45, 2.75) is 57.1 Å². The van der Waals surface area contributed by atoms with Crippen molar-refractivity contribution in [3.63, 3.8) is 0 Å². The second-order valence-corrected chi connectivity index (χ2v) is 10.7. The number of hydrazone groups is 1. The molecule has 1 amide bonds. The van der Waals surface area contributed by atoms with Gasteiger partial charge in [0.05, 0.1) is 17.2 Å². The summed E-state index contributed by atoms with van der Waals surface area (Å²) in [4.78, 5) is 14.2. The summed E-state index contributed by atoms with van der Waals surface area (Å²) < 4.78 is 33.6. The van der Waals surface area contributed by atoms with Crippen LogP contribution in [0.2, 0.25) is 0 Å². The monoisotopic (exact) mass is 457 g/mol. The minimum atomic E-state index is -3.85. The van der Waals surface area contributed by atoms with Crippen molar-refractivity contribution in [3.05, 3.63) is 65.7 Å². The first kappa shape index (κ1) is 23.8. The lowest BCUT2D eigenvalue weighted by Crippen LogP contribution is -2.48. The smallest absolute Gasteiger partial charge is 0.410 e. The number of piperidine rings is 1. The Bertz CT molecular complexity index is 1040. The number of nitrogens with zero attached hydrogens (tertiary/aromatic N) is 3. The predicted octanol–water partition coefficient (Wildman–Crippen LogP) is 4.42.